The number of hydrogen-bond acceptors (Lipinski definition) is 2. The minimum atomic E-state index is -2.19. The highest BCUT2D eigenvalue weighted by atomic mass is 32.2. The van der Waals surface area contributed by atoms with E-state index in [1.165, 1.54) is 12.4 Å². The van der Waals surface area contributed by atoms with Gasteiger partial charge in [0.25, 0.3) is 0 Å². The van der Waals surface area contributed by atoms with Crippen molar-refractivity contribution in [1.82, 2.24) is 4.98 Å². The Kier molecular flexibility index (Phi) is 1.64. The second kappa shape index (κ2) is 2.45. The molecule has 5 heteroatoms. The fourth-order valence-electron chi connectivity index (χ4n) is 0.434. The van der Waals surface area contributed by atoms with Gasteiger partial charge in [0.1, 0.15) is 0 Å². The third-order valence-electron chi connectivity index (χ3n) is 0.788. The van der Waals surface area contributed by atoms with Crippen molar-refractivity contribution in [3.05, 3.63) is 23.2 Å². The van der Waals surface area contributed by atoms with Gasteiger partial charge in [0.15, 0.2) is 0 Å². The lowest BCUT2D eigenvalue weighted by Gasteiger charge is -1.68. The van der Waals surface area contributed by atoms with Crippen LogP contribution >= 0.6 is 0 Å². The van der Waals surface area contributed by atoms with Crippen molar-refractivity contribution in [1.29, 1.82) is 0 Å². The van der Waals surface area contributed by atoms with Crippen molar-refractivity contribution in [2.75, 3.05) is 0 Å². The van der Waals surface area contributed by atoms with Crippen LogP contribution in [0.2, 0.25) is 0 Å². The Bertz CT molecular complexity index is 325. The first-order valence-electron chi connectivity index (χ1n) is 2.28. The summed E-state index contributed by atoms with van der Waals surface area (Å²) in [6.07, 6.45) is 3.06. The van der Waals surface area contributed by atoms with E-state index in [2.05, 4.69) is 9.97 Å². The summed E-state index contributed by atoms with van der Waals surface area (Å²) in [6.45, 7) is 0. The molecule has 0 spiro atoms. The Balaban J connectivity index is 3.67. The standard InChI is InChI=1S/C4H4N2O2S/c7-9(8)4-5-2-1-3-6-4/h1-3,5H/p+1. The molecule has 1 aromatic rings. The van der Waals surface area contributed by atoms with Crippen LogP contribution in [0.5, 0.6) is 0 Å². The van der Waals surface area contributed by atoms with Crippen molar-refractivity contribution in [2.45, 2.75) is 0 Å². The molecule has 0 aliphatic rings. The molecule has 0 unspecified atom stereocenters. The normalized spacial score (nSPS) is 8.89. The molecule has 0 amide bonds. The molecule has 48 valence electrons. The molecule has 1 heterocycles. The van der Waals surface area contributed by atoms with E-state index in [0.29, 0.717) is 0 Å². The molecule has 0 saturated heterocycles. The number of aromatic amines is 2. The van der Waals surface area contributed by atoms with Crippen molar-refractivity contribution in [3.8, 4) is 0 Å². The summed E-state index contributed by atoms with van der Waals surface area (Å²) >= 11 is 0. The molecule has 0 fully saturated rings. The summed E-state index contributed by atoms with van der Waals surface area (Å²) in [5, 5.41) is 0. The monoisotopic (exact) mass is 145 g/mol. The van der Waals surface area contributed by atoms with Gasteiger partial charge in [-0.05, 0) is 0 Å². The van der Waals surface area contributed by atoms with Gasteiger partial charge in [-0.3, -0.25) is 0 Å². The Hall–Kier alpha value is -1.10. The summed E-state index contributed by atoms with van der Waals surface area (Å²) in [5.41, 5.74) is 0. The van der Waals surface area contributed by atoms with Gasteiger partial charge in [0, 0.05) is 6.07 Å². The summed E-state index contributed by atoms with van der Waals surface area (Å²) in [7, 11) is -2.19. The van der Waals surface area contributed by atoms with Crippen LogP contribution in [-0.2, 0) is 10.3 Å². The van der Waals surface area contributed by atoms with E-state index in [-0.39, 0.29) is 4.77 Å². The largest absolute Gasteiger partial charge is 0.399 e. The molecule has 2 N–H and O–H groups in total. The predicted octanol–water partition coefficient (Wildman–Crippen LogP) is -0.760. The Morgan fingerprint density at radius 3 is 2.67 bits per heavy atom. The summed E-state index contributed by atoms with van der Waals surface area (Å²) in [6, 6.07) is 1.66. The highest BCUT2D eigenvalue weighted by Gasteiger charge is 1.84. The maximum absolute atomic E-state index is 10.1. The van der Waals surface area contributed by atoms with Crippen LogP contribution < -0.4 is 4.98 Å². The molecule has 1 rings (SSSR count). The molecule has 0 aliphatic heterocycles. The van der Waals surface area contributed by atoms with E-state index in [1.54, 1.807) is 6.07 Å². The van der Waals surface area contributed by atoms with Gasteiger partial charge in [0.2, 0.25) is 0 Å². The van der Waals surface area contributed by atoms with Crippen LogP contribution in [-0.4, -0.2) is 13.4 Å². The van der Waals surface area contributed by atoms with Crippen LogP contribution in [0, 0.1) is 4.77 Å². The van der Waals surface area contributed by atoms with Gasteiger partial charge in [0.05, 0.1) is 12.4 Å². The van der Waals surface area contributed by atoms with E-state index in [9.17, 15) is 8.42 Å². The second-order valence-electron chi connectivity index (χ2n) is 1.38. The summed E-state index contributed by atoms with van der Waals surface area (Å²) in [5.74, 6) is 0. The molecular formula is C4H5N2O2S+. The molecule has 9 heavy (non-hydrogen) atoms. The van der Waals surface area contributed by atoms with Gasteiger partial charge in [-0.25, -0.2) is 9.97 Å². The molecular weight excluding hydrogens is 140 g/mol. The van der Waals surface area contributed by atoms with E-state index in [0.717, 1.165) is 0 Å². The lowest BCUT2D eigenvalue weighted by atomic mass is 10.7. The minimum Gasteiger partial charge on any atom is -0.234 e. The third kappa shape index (κ3) is 1.39. The predicted molar refractivity (Wildman–Crippen MR) is 29.5 cm³/mol. The van der Waals surface area contributed by atoms with Crippen LogP contribution in [0.4, 0.5) is 0 Å². The SMILES string of the molecule is O=S(=O)=c1[nH]ccc[nH+]1. The van der Waals surface area contributed by atoms with E-state index >= 15 is 0 Å². The summed E-state index contributed by atoms with van der Waals surface area (Å²) in [4.78, 5) is 5.00. The van der Waals surface area contributed by atoms with Crippen LogP contribution in [0.25, 0.3) is 0 Å². The topological polar surface area (TPSA) is 64.1 Å². The first-order chi connectivity index (χ1) is 4.30. The highest BCUT2D eigenvalue weighted by Crippen LogP contribution is 1.65. The zero-order valence-electron chi connectivity index (χ0n) is 4.46. The van der Waals surface area contributed by atoms with Gasteiger partial charge in [-0.2, -0.15) is 8.42 Å². The lowest BCUT2D eigenvalue weighted by Crippen LogP contribution is -2.04. The van der Waals surface area contributed by atoms with E-state index in [1.807, 2.05) is 0 Å². The van der Waals surface area contributed by atoms with Gasteiger partial charge in [-0.1, -0.05) is 0 Å². The zero-order valence-corrected chi connectivity index (χ0v) is 5.27. The maximum Gasteiger partial charge on any atom is 0.399 e. The summed E-state index contributed by atoms with van der Waals surface area (Å²) < 4.78 is 20.4. The molecule has 0 bridgehead atoms. The first kappa shape index (κ1) is 6.03. The Morgan fingerprint density at radius 2 is 2.33 bits per heavy atom. The van der Waals surface area contributed by atoms with Crippen molar-refractivity contribution < 1.29 is 13.4 Å². The highest BCUT2D eigenvalue weighted by molar-refractivity contribution is 7.63. The smallest absolute Gasteiger partial charge is 0.234 e. The fraction of sp³-hybridized carbons (Fsp3) is 0. The van der Waals surface area contributed by atoms with Crippen molar-refractivity contribution in [3.63, 3.8) is 0 Å². The Morgan fingerprint density at radius 1 is 1.56 bits per heavy atom. The zero-order chi connectivity index (χ0) is 6.69. The molecule has 4 nitrogen and oxygen atoms in total. The molecule has 0 saturated carbocycles. The molecule has 1 aromatic heterocycles. The molecule has 0 atom stereocenters. The number of rotatable bonds is 0. The van der Waals surface area contributed by atoms with E-state index in [4.69, 9.17) is 0 Å². The van der Waals surface area contributed by atoms with Gasteiger partial charge in [-0.15, -0.1) is 0 Å². The van der Waals surface area contributed by atoms with Crippen molar-refractivity contribution >= 4 is 10.3 Å². The number of H-pyrrole nitrogens is 2. The minimum absolute atomic E-state index is 0.0810. The average molecular weight is 145 g/mol. The number of aromatic nitrogens is 2. The van der Waals surface area contributed by atoms with Crippen molar-refractivity contribution in [2.24, 2.45) is 0 Å². The van der Waals surface area contributed by atoms with E-state index < -0.39 is 10.3 Å². The molecule has 0 aliphatic carbocycles. The van der Waals surface area contributed by atoms with Gasteiger partial charge >= 0.3 is 15.1 Å². The number of nitrogens with one attached hydrogen (secondary N) is 2. The average Bonchev–Trinajstić information content (AvgIpc) is 1.90. The number of hydrogen-bond donors (Lipinski definition) is 1. The fourth-order valence-corrected chi connectivity index (χ4v) is 0.762. The van der Waals surface area contributed by atoms with Gasteiger partial charge < -0.3 is 0 Å². The third-order valence-corrected chi connectivity index (χ3v) is 1.36. The lowest BCUT2D eigenvalue weighted by molar-refractivity contribution is -0.392. The molecule has 0 radical (unpaired) electrons. The van der Waals surface area contributed by atoms with Crippen LogP contribution in [0.1, 0.15) is 0 Å². The first-order valence-corrected chi connectivity index (χ1v) is 3.36. The Labute approximate surface area is 52.7 Å². The molecule has 0 aromatic carbocycles. The van der Waals surface area contributed by atoms with Crippen LogP contribution in [0.3, 0.4) is 0 Å². The van der Waals surface area contributed by atoms with Crippen LogP contribution in [0.15, 0.2) is 18.5 Å². The maximum atomic E-state index is 10.1. The second-order valence-corrected chi connectivity index (χ2v) is 2.26. The quantitative estimate of drug-likeness (QED) is 0.488.